The van der Waals surface area contributed by atoms with Crippen molar-refractivity contribution in [3.63, 3.8) is 0 Å². The van der Waals surface area contributed by atoms with Crippen molar-refractivity contribution in [1.82, 2.24) is 15.1 Å². The summed E-state index contributed by atoms with van der Waals surface area (Å²) in [4.78, 5) is 17.1. The topological polar surface area (TPSA) is 44.8 Å². The molecule has 3 aliphatic rings. The normalized spacial score (nSPS) is 29.4. The minimum atomic E-state index is -2.96. The fourth-order valence-corrected chi connectivity index (χ4v) is 5.73. The maximum absolute atomic E-state index is 15.0. The molecular formula is C27H41F2N3O2. The number of carbonyl (C=O) groups is 1. The molecule has 4 rings (SSSR count). The van der Waals surface area contributed by atoms with E-state index in [2.05, 4.69) is 62.2 Å². The lowest BCUT2D eigenvalue weighted by Gasteiger charge is -2.43. The number of nitrogens with zero attached hydrogens (tertiary/aromatic N) is 2. The highest BCUT2D eigenvalue weighted by atomic mass is 19.3. The second kappa shape index (κ2) is 10.1. The van der Waals surface area contributed by atoms with Crippen LogP contribution in [0.4, 0.5) is 13.6 Å². The fourth-order valence-electron chi connectivity index (χ4n) is 5.73. The van der Waals surface area contributed by atoms with Crippen LogP contribution in [0.3, 0.4) is 0 Å². The average molecular weight is 478 g/mol. The van der Waals surface area contributed by atoms with Crippen molar-refractivity contribution in [1.29, 1.82) is 0 Å². The predicted octanol–water partition coefficient (Wildman–Crippen LogP) is 5.11. The van der Waals surface area contributed by atoms with Crippen molar-refractivity contribution in [2.24, 2.45) is 0 Å². The number of carbonyl (C=O) groups excluding carboxylic acids is 1. The Kier molecular flexibility index (Phi) is 7.53. The standard InChI is InChI=1S/C27H41F2N3O2/c1-19(2)32-15-11-22(18-32)34-23-6-5-12-27(28,29)24(23)30-25(33)31-16-13-26(4,14-17-31)21-9-7-20(3)8-10-21/h7-10,19,22-24H,5-6,11-18H2,1-4H3,(H,30,33)/t22-,23+,24-/m1/s1. The van der Waals surface area contributed by atoms with Gasteiger partial charge in [0.2, 0.25) is 0 Å². The quantitative estimate of drug-likeness (QED) is 0.641. The molecule has 3 fully saturated rings. The van der Waals surface area contributed by atoms with Crippen molar-refractivity contribution in [3.8, 4) is 0 Å². The summed E-state index contributed by atoms with van der Waals surface area (Å²) in [5.41, 5.74) is 2.50. The average Bonchev–Trinajstić information content (AvgIpc) is 3.26. The Hall–Kier alpha value is -1.73. The summed E-state index contributed by atoms with van der Waals surface area (Å²) in [6.07, 6.45) is 2.57. The molecule has 1 aromatic rings. The zero-order valence-corrected chi connectivity index (χ0v) is 21.2. The Bertz CT molecular complexity index is 837. The van der Waals surface area contributed by atoms with Crippen LogP contribution in [0.2, 0.25) is 0 Å². The molecule has 2 heterocycles. The summed E-state index contributed by atoms with van der Waals surface area (Å²) >= 11 is 0. The number of hydrogen-bond acceptors (Lipinski definition) is 3. The third-order valence-electron chi connectivity index (χ3n) is 8.28. The summed E-state index contributed by atoms with van der Waals surface area (Å²) in [7, 11) is 0. The van der Waals surface area contributed by atoms with Crippen LogP contribution >= 0.6 is 0 Å². The van der Waals surface area contributed by atoms with Gasteiger partial charge in [-0.2, -0.15) is 0 Å². The summed E-state index contributed by atoms with van der Waals surface area (Å²) < 4.78 is 36.2. The molecule has 0 aromatic heterocycles. The van der Waals surface area contributed by atoms with Gasteiger partial charge in [0.05, 0.1) is 12.2 Å². The molecule has 34 heavy (non-hydrogen) atoms. The molecule has 1 N–H and O–H groups in total. The maximum atomic E-state index is 15.0. The Morgan fingerprint density at radius 3 is 2.38 bits per heavy atom. The lowest BCUT2D eigenvalue weighted by atomic mass is 9.74. The van der Waals surface area contributed by atoms with E-state index in [1.165, 1.54) is 11.1 Å². The zero-order chi connectivity index (χ0) is 24.5. The van der Waals surface area contributed by atoms with E-state index in [9.17, 15) is 13.6 Å². The largest absolute Gasteiger partial charge is 0.371 e. The molecule has 5 nitrogen and oxygen atoms in total. The second-order valence-corrected chi connectivity index (χ2v) is 11.2. The molecule has 190 valence electrons. The first-order valence-electron chi connectivity index (χ1n) is 13.0. The lowest BCUT2D eigenvalue weighted by Crippen LogP contribution is -2.61. The summed E-state index contributed by atoms with van der Waals surface area (Å²) in [5.74, 6) is -2.96. The molecule has 0 bridgehead atoms. The van der Waals surface area contributed by atoms with Gasteiger partial charge in [-0.3, -0.25) is 4.90 Å². The van der Waals surface area contributed by atoms with Gasteiger partial charge >= 0.3 is 6.03 Å². The summed E-state index contributed by atoms with van der Waals surface area (Å²) in [5, 5.41) is 2.71. The van der Waals surface area contributed by atoms with Crippen LogP contribution in [0.5, 0.6) is 0 Å². The molecule has 3 atom stereocenters. The fraction of sp³-hybridized carbons (Fsp3) is 0.741. The number of alkyl halides is 2. The van der Waals surface area contributed by atoms with E-state index in [1.807, 2.05) is 0 Å². The molecule has 1 aliphatic carbocycles. The minimum Gasteiger partial charge on any atom is -0.371 e. The molecule has 0 unspecified atom stereocenters. The number of hydrogen-bond donors (Lipinski definition) is 1. The third-order valence-corrected chi connectivity index (χ3v) is 8.28. The highest BCUT2D eigenvalue weighted by Gasteiger charge is 2.50. The van der Waals surface area contributed by atoms with Gasteiger partial charge in [-0.1, -0.05) is 36.8 Å². The van der Waals surface area contributed by atoms with Gasteiger partial charge in [-0.15, -0.1) is 0 Å². The smallest absolute Gasteiger partial charge is 0.317 e. The number of urea groups is 1. The van der Waals surface area contributed by atoms with E-state index < -0.39 is 18.1 Å². The Morgan fingerprint density at radius 1 is 1.09 bits per heavy atom. The third kappa shape index (κ3) is 5.56. The lowest BCUT2D eigenvalue weighted by molar-refractivity contribution is -0.138. The van der Waals surface area contributed by atoms with Crippen molar-refractivity contribution >= 4 is 6.03 Å². The summed E-state index contributed by atoms with van der Waals surface area (Å²) in [6, 6.07) is 7.33. The molecule has 1 saturated carbocycles. The van der Waals surface area contributed by atoms with Gasteiger partial charge in [0.1, 0.15) is 6.04 Å². The number of amides is 2. The van der Waals surface area contributed by atoms with E-state index in [-0.39, 0.29) is 24.0 Å². The van der Waals surface area contributed by atoms with Crippen LogP contribution in [-0.2, 0) is 10.2 Å². The number of aryl methyl sites for hydroxylation is 1. The van der Waals surface area contributed by atoms with Gasteiger partial charge < -0.3 is 15.0 Å². The monoisotopic (exact) mass is 477 g/mol. The highest BCUT2D eigenvalue weighted by molar-refractivity contribution is 5.75. The van der Waals surface area contributed by atoms with Gasteiger partial charge in [-0.25, -0.2) is 13.6 Å². The molecule has 0 spiro atoms. The molecular weight excluding hydrogens is 436 g/mol. The van der Waals surface area contributed by atoms with Crippen LogP contribution in [0.1, 0.15) is 70.4 Å². The summed E-state index contributed by atoms with van der Waals surface area (Å²) in [6.45, 7) is 11.4. The first-order chi connectivity index (χ1) is 16.1. The van der Waals surface area contributed by atoms with Crippen LogP contribution in [0.25, 0.3) is 0 Å². The van der Waals surface area contributed by atoms with Crippen molar-refractivity contribution in [3.05, 3.63) is 35.4 Å². The number of likely N-dealkylation sites (tertiary alicyclic amines) is 2. The van der Waals surface area contributed by atoms with Gasteiger partial charge in [0.15, 0.2) is 0 Å². The van der Waals surface area contributed by atoms with Gasteiger partial charge in [0, 0.05) is 38.6 Å². The number of halogens is 2. The minimum absolute atomic E-state index is 0.00430. The van der Waals surface area contributed by atoms with Crippen LogP contribution in [-0.4, -0.2) is 72.2 Å². The Labute approximate surface area is 203 Å². The van der Waals surface area contributed by atoms with E-state index in [4.69, 9.17) is 4.74 Å². The van der Waals surface area contributed by atoms with E-state index in [0.717, 1.165) is 32.4 Å². The van der Waals surface area contributed by atoms with Gasteiger partial charge in [-0.05, 0) is 63.9 Å². The molecule has 0 radical (unpaired) electrons. The first kappa shape index (κ1) is 25.4. The van der Waals surface area contributed by atoms with Gasteiger partial charge in [0.25, 0.3) is 5.92 Å². The van der Waals surface area contributed by atoms with Crippen LogP contribution in [0.15, 0.2) is 24.3 Å². The molecule has 1 aromatic carbocycles. The molecule has 2 saturated heterocycles. The van der Waals surface area contributed by atoms with Crippen molar-refractivity contribution < 1.29 is 18.3 Å². The number of benzene rings is 1. The zero-order valence-electron chi connectivity index (χ0n) is 21.2. The molecule has 2 aliphatic heterocycles. The molecule has 2 amide bonds. The van der Waals surface area contributed by atoms with Crippen LogP contribution in [0, 0.1) is 6.92 Å². The number of rotatable bonds is 5. The predicted molar refractivity (Wildman–Crippen MR) is 130 cm³/mol. The van der Waals surface area contributed by atoms with E-state index in [1.54, 1.807) is 4.90 Å². The molecule has 7 heteroatoms. The SMILES string of the molecule is Cc1ccc(C2(C)CCN(C(=O)N[C@@H]3[C@@H](O[C@@H]4CCN(C(C)C)C4)CCCC3(F)F)CC2)cc1. The van der Waals surface area contributed by atoms with Crippen LogP contribution < -0.4 is 5.32 Å². The number of ether oxygens (including phenoxy) is 1. The maximum Gasteiger partial charge on any atom is 0.317 e. The Balaban J connectivity index is 1.36. The number of nitrogens with one attached hydrogen (secondary N) is 1. The van der Waals surface area contributed by atoms with Crippen molar-refractivity contribution in [2.45, 2.75) is 102 Å². The Morgan fingerprint density at radius 2 is 1.76 bits per heavy atom. The van der Waals surface area contributed by atoms with E-state index in [0.29, 0.717) is 32.0 Å². The first-order valence-corrected chi connectivity index (χ1v) is 13.0. The second-order valence-electron chi connectivity index (χ2n) is 11.2. The van der Waals surface area contributed by atoms with Crippen molar-refractivity contribution in [2.75, 3.05) is 26.2 Å². The highest BCUT2D eigenvalue weighted by Crippen LogP contribution is 2.38. The number of piperidine rings is 1. The van der Waals surface area contributed by atoms with E-state index >= 15 is 0 Å².